The second kappa shape index (κ2) is 10.1. The molecule has 1 N–H and O–H groups in total. The van der Waals surface area contributed by atoms with Gasteiger partial charge in [-0.15, -0.1) is 0 Å². The molecule has 0 aliphatic carbocycles. The second-order valence-electron chi connectivity index (χ2n) is 5.39. The monoisotopic (exact) mass is 332 g/mol. The molecule has 0 unspecified atom stereocenters. The molecule has 1 aliphatic rings. The molecule has 2 amide bonds. The number of rotatable bonds is 9. The quantitative estimate of drug-likeness (QED) is 0.515. The maximum Gasteiger partial charge on any atom is 0.254 e. The van der Waals surface area contributed by atoms with Crippen LogP contribution in [-0.2, 0) is 14.3 Å². The predicted molar refractivity (Wildman–Crippen MR) is 89.3 cm³/mol. The van der Waals surface area contributed by atoms with Gasteiger partial charge in [-0.05, 0) is 12.3 Å². The molecule has 0 saturated carbocycles. The SMILES string of the molecule is CC(C)CCCCNC(=O)COCC(=O)N1CCSC1=S. The van der Waals surface area contributed by atoms with Crippen LogP contribution in [0.4, 0.5) is 0 Å². The third kappa shape index (κ3) is 7.78. The van der Waals surface area contributed by atoms with E-state index >= 15 is 0 Å². The van der Waals surface area contributed by atoms with Crippen molar-refractivity contribution in [2.75, 3.05) is 32.1 Å². The number of nitrogens with zero attached hydrogens (tertiary/aromatic N) is 1. The van der Waals surface area contributed by atoms with Gasteiger partial charge in [0.1, 0.15) is 17.5 Å². The third-order valence-corrected chi connectivity index (χ3v) is 4.48. The summed E-state index contributed by atoms with van der Waals surface area (Å²) in [6.45, 7) is 5.50. The van der Waals surface area contributed by atoms with E-state index in [0.29, 0.717) is 23.3 Å². The van der Waals surface area contributed by atoms with Crippen molar-refractivity contribution in [3.05, 3.63) is 0 Å². The number of unbranched alkanes of at least 4 members (excludes halogenated alkanes) is 1. The molecule has 0 atom stereocenters. The van der Waals surface area contributed by atoms with Crippen LogP contribution in [0.2, 0.25) is 0 Å². The highest BCUT2D eigenvalue weighted by Crippen LogP contribution is 2.17. The number of carbonyl (C=O) groups is 2. The minimum atomic E-state index is -0.175. The summed E-state index contributed by atoms with van der Waals surface area (Å²) in [6.07, 6.45) is 3.26. The van der Waals surface area contributed by atoms with Crippen molar-refractivity contribution in [3.63, 3.8) is 0 Å². The predicted octanol–water partition coefficient (Wildman–Crippen LogP) is 1.81. The van der Waals surface area contributed by atoms with E-state index in [1.165, 1.54) is 23.1 Å². The van der Waals surface area contributed by atoms with Crippen LogP contribution in [0.3, 0.4) is 0 Å². The summed E-state index contributed by atoms with van der Waals surface area (Å²) >= 11 is 6.55. The Morgan fingerprint density at radius 1 is 1.38 bits per heavy atom. The molecule has 0 aromatic rings. The first kappa shape index (κ1) is 18.4. The Morgan fingerprint density at radius 3 is 2.76 bits per heavy atom. The lowest BCUT2D eigenvalue weighted by atomic mass is 10.1. The van der Waals surface area contributed by atoms with Gasteiger partial charge in [0, 0.05) is 18.8 Å². The number of thioether (sulfide) groups is 1. The summed E-state index contributed by atoms with van der Waals surface area (Å²) in [5, 5.41) is 2.79. The summed E-state index contributed by atoms with van der Waals surface area (Å²) in [6, 6.07) is 0. The molecule has 0 spiro atoms. The number of amides is 2. The Kier molecular flexibility index (Phi) is 8.87. The molecular formula is C14H24N2O3S2. The van der Waals surface area contributed by atoms with E-state index in [2.05, 4.69) is 19.2 Å². The zero-order valence-corrected chi connectivity index (χ0v) is 14.4. The first-order valence-corrected chi connectivity index (χ1v) is 8.71. The zero-order valence-electron chi connectivity index (χ0n) is 12.7. The van der Waals surface area contributed by atoms with Gasteiger partial charge < -0.3 is 10.1 Å². The van der Waals surface area contributed by atoms with Gasteiger partial charge in [-0.25, -0.2) is 0 Å². The molecule has 7 heteroatoms. The van der Waals surface area contributed by atoms with Crippen molar-refractivity contribution in [1.29, 1.82) is 0 Å². The smallest absolute Gasteiger partial charge is 0.254 e. The molecule has 120 valence electrons. The lowest BCUT2D eigenvalue weighted by Crippen LogP contribution is -2.35. The Bertz CT molecular complexity index is 375. The van der Waals surface area contributed by atoms with E-state index in [-0.39, 0.29) is 25.0 Å². The van der Waals surface area contributed by atoms with Crippen molar-refractivity contribution >= 4 is 40.1 Å². The van der Waals surface area contributed by atoms with Gasteiger partial charge in [-0.2, -0.15) is 0 Å². The van der Waals surface area contributed by atoms with E-state index in [0.717, 1.165) is 18.6 Å². The van der Waals surface area contributed by atoms with Crippen LogP contribution in [0.25, 0.3) is 0 Å². The largest absolute Gasteiger partial charge is 0.362 e. The standard InChI is InChI=1S/C14H24N2O3S2/c1-11(2)5-3-4-6-15-12(17)9-19-10-13(18)16-7-8-21-14(16)20/h11H,3-10H2,1-2H3,(H,15,17). The Morgan fingerprint density at radius 2 is 2.14 bits per heavy atom. The van der Waals surface area contributed by atoms with Crippen LogP contribution >= 0.6 is 24.0 Å². The number of hydrogen-bond acceptors (Lipinski definition) is 5. The molecule has 0 bridgehead atoms. The van der Waals surface area contributed by atoms with Gasteiger partial charge in [0.15, 0.2) is 0 Å². The molecule has 0 aromatic carbocycles. The van der Waals surface area contributed by atoms with E-state index in [1.807, 2.05) is 0 Å². The Balaban J connectivity index is 2.02. The van der Waals surface area contributed by atoms with Crippen molar-refractivity contribution in [2.45, 2.75) is 33.1 Å². The topological polar surface area (TPSA) is 58.6 Å². The van der Waals surface area contributed by atoms with E-state index in [9.17, 15) is 9.59 Å². The van der Waals surface area contributed by atoms with E-state index < -0.39 is 0 Å². The first-order valence-electron chi connectivity index (χ1n) is 7.32. The van der Waals surface area contributed by atoms with E-state index in [1.54, 1.807) is 0 Å². The number of carbonyl (C=O) groups excluding carboxylic acids is 2. The summed E-state index contributed by atoms with van der Waals surface area (Å²) in [4.78, 5) is 24.8. The Hall–Kier alpha value is -0.660. The minimum absolute atomic E-state index is 0.0797. The van der Waals surface area contributed by atoms with Crippen LogP contribution in [0.1, 0.15) is 33.1 Å². The van der Waals surface area contributed by atoms with Crippen LogP contribution in [0, 0.1) is 5.92 Å². The van der Waals surface area contributed by atoms with Crippen molar-refractivity contribution < 1.29 is 14.3 Å². The zero-order chi connectivity index (χ0) is 15.7. The lowest BCUT2D eigenvalue weighted by Gasteiger charge is -2.14. The fraction of sp³-hybridized carbons (Fsp3) is 0.786. The second-order valence-corrected chi connectivity index (χ2v) is 7.12. The lowest BCUT2D eigenvalue weighted by molar-refractivity contribution is -0.134. The number of nitrogens with one attached hydrogen (secondary N) is 1. The van der Waals surface area contributed by atoms with Gasteiger partial charge in [-0.1, -0.05) is 50.7 Å². The fourth-order valence-corrected chi connectivity index (χ4v) is 3.13. The summed E-state index contributed by atoms with van der Waals surface area (Å²) in [7, 11) is 0. The van der Waals surface area contributed by atoms with Crippen molar-refractivity contribution in [3.8, 4) is 0 Å². The molecular weight excluding hydrogens is 308 g/mol. The molecule has 0 radical (unpaired) electrons. The molecule has 1 aliphatic heterocycles. The highest BCUT2D eigenvalue weighted by atomic mass is 32.2. The number of thiocarbonyl (C=S) groups is 1. The third-order valence-electron chi connectivity index (χ3n) is 3.05. The van der Waals surface area contributed by atoms with Crippen LogP contribution < -0.4 is 5.32 Å². The maximum absolute atomic E-state index is 11.8. The van der Waals surface area contributed by atoms with E-state index in [4.69, 9.17) is 17.0 Å². The van der Waals surface area contributed by atoms with Gasteiger partial charge in [0.2, 0.25) is 5.91 Å². The number of hydrogen-bond donors (Lipinski definition) is 1. The highest BCUT2D eigenvalue weighted by Gasteiger charge is 2.23. The Labute approximate surface area is 136 Å². The maximum atomic E-state index is 11.8. The normalized spacial score (nSPS) is 14.8. The van der Waals surface area contributed by atoms with Crippen molar-refractivity contribution in [2.24, 2.45) is 5.92 Å². The van der Waals surface area contributed by atoms with Crippen LogP contribution in [-0.4, -0.2) is 53.1 Å². The minimum Gasteiger partial charge on any atom is -0.362 e. The van der Waals surface area contributed by atoms with Gasteiger partial charge in [0.25, 0.3) is 5.91 Å². The highest BCUT2D eigenvalue weighted by molar-refractivity contribution is 8.23. The molecule has 1 saturated heterocycles. The summed E-state index contributed by atoms with van der Waals surface area (Å²) in [5.74, 6) is 1.19. The van der Waals surface area contributed by atoms with Gasteiger partial charge >= 0.3 is 0 Å². The van der Waals surface area contributed by atoms with Gasteiger partial charge in [-0.3, -0.25) is 14.5 Å². The average Bonchev–Trinajstić information content (AvgIpc) is 2.84. The summed E-state index contributed by atoms with van der Waals surface area (Å²) < 4.78 is 5.74. The molecule has 1 rings (SSSR count). The molecule has 1 heterocycles. The molecule has 1 fully saturated rings. The van der Waals surface area contributed by atoms with Crippen LogP contribution in [0.15, 0.2) is 0 Å². The summed E-state index contributed by atoms with van der Waals surface area (Å²) in [5.41, 5.74) is 0. The average molecular weight is 332 g/mol. The van der Waals surface area contributed by atoms with Crippen LogP contribution in [0.5, 0.6) is 0 Å². The van der Waals surface area contributed by atoms with Crippen molar-refractivity contribution in [1.82, 2.24) is 10.2 Å². The fourth-order valence-electron chi connectivity index (χ4n) is 1.89. The molecule has 21 heavy (non-hydrogen) atoms. The molecule has 5 nitrogen and oxygen atoms in total. The molecule has 0 aromatic heterocycles. The number of ether oxygens (including phenoxy) is 1. The first-order chi connectivity index (χ1) is 10.0. The van der Waals surface area contributed by atoms with Gasteiger partial charge in [0.05, 0.1) is 0 Å².